The zero-order chi connectivity index (χ0) is 30.1. The Labute approximate surface area is 249 Å². The number of hydrogen-bond donors (Lipinski definition) is 2. The summed E-state index contributed by atoms with van der Waals surface area (Å²) in [6.07, 6.45) is 6.74. The summed E-state index contributed by atoms with van der Waals surface area (Å²) in [5, 5.41) is 27.4. The minimum Gasteiger partial charge on any atom is -0.394 e. The van der Waals surface area contributed by atoms with Crippen LogP contribution in [0, 0.1) is 5.92 Å². The van der Waals surface area contributed by atoms with E-state index in [0.717, 1.165) is 23.8 Å². The maximum absolute atomic E-state index is 14.1. The van der Waals surface area contributed by atoms with Crippen LogP contribution in [0.15, 0.2) is 95.9 Å². The average molecular weight is 579 g/mol. The number of aliphatic hydroxyl groups is 2. The van der Waals surface area contributed by atoms with Crippen molar-refractivity contribution in [1.82, 2.24) is 14.7 Å². The van der Waals surface area contributed by atoms with Gasteiger partial charge in [0.1, 0.15) is 0 Å². The molecule has 3 atom stereocenters. The van der Waals surface area contributed by atoms with E-state index in [1.54, 1.807) is 65.4 Å². The van der Waals surface area contributed by atoms with Crippen molar-refractivity contribution in [3.05, 3.63) is 113 Å². The number of likely N-dealkylation sites (tertiary alicyclic amines) is 1. The molecular weight excluding hydrogens is 544 g/mol. The summed E-state index contributed by atoms with van der Waals surface area (Å²) in [6, 6.07) is 21.7. The number of nitrogens with zero attached hydrogens (tertiary/aromatic N) is 4. The predicted octanol–water partition coefficient (Wildman–Crippen LogP) is 3.69. The lowest BCUT2D eigenvalue weighted by atomic mass is 9.82. The first kappa shape index (κ1) is 28.5. The second-order valence-electron chi connectivity index (χ2n) is 11.3. The van der Waals surface area contributed by atoms with Gasteiger partial charge in [-0.25, -0.2) is 0 Å². The smallest absolute Gasteiger partial charge is 0.279 e. The topological polar surface area (TPSA) is 116 Å². The Hall–Kier alpha value is -4.60. The van der Waals surface area contributed by atoms with Gasteiger partial charge < -0.3 is 20.0 Å². The maximum atomic E-state index is 14.1. The number of aromatic nitrogens is 2. The molecule has 0 aliphatic carbocycles. The number of anilines is 1. The first-order valence-electron chi connectivity index (χ1n) is 14.6. The lowest BCUT2D eigenvalue weighted by Crippen LogP contribution is -2.44. The first-order chi connectivity index (χ1) is 20.8. The third-order valence-electron chi connectivity index (χ3n) is 8.66. The summed E-state index contributed by atoms with van der Waals surface area (Å²) in [6.45, 7) is 2.55. The van der Waals surface area contributed by atoms with Gasteiger partial charge in [0, 0.05) is 29.8 Å². The largest absolute Gasteiger partial charge is 0.394 e. The molecule has 3 aromatic carbocycles. The first-order valence-corrected chi connectivity index (χ1v) is 14.6. The molecule has 9 nitrogen and oxygen atoms in total. The van der Waals surface area contributed by atoms with Gasteiger partial charge in [0.2, 0.25) is 5.91 Å². The molecule has 220 valence electrons. The third-order valence-corrected chi connectivity index (χ3v) is 8.66. The number of carbonyl (C=O) groups is 2. The molecule has 3 heterocycles. The molecule has 6 rings (SSSR count). The van der Waals surface area contributed by atoms with Crippen LogP contribution >= 0.6 is 0 Å². The van der Waals surface area contributed by atoms with Gasteiger partial charge in [-0.3, -0.25) is 14.4 Å². The van der Waals surface area contributed by atoms with E-state index in [-0.39, 0.29) is 37.1 Å². The Morgan fingerprint density at radius 2 is 1.86 bits per heavy atom. The van der Waals surface area contributed by atoms with Crippen molar-refractivity contribution in [2.75, 3.05) is 18.1 Å². The second-order valence-corrected chi connectivity index (χ2v) is 11.3. The van der Waals surface area contributed by atoms with E-state index in [0.29, 0.717) is 28.9 Å². The number of aliphatic hydroxyl groups excluding tert-OH is 1. The van der Waals surface area contributed by atoms with Crippen LogP contribution < -0.4 is 10.5 Å². The Kier molecular flexibility index (Phi) is 7.68. The molecule has 43 heavy (non-hydrogen) atoms. The van der Waals surface area contributed by atoms with Crippen molar-refractivity contribution in [1.29, 1.82) is 0 Å². The molecule has 2 aliphatic rings. The monoisotopic (exact) mass is 578 g/mol. The van der Waals surface area contributed by atoms with Crippen LogP contribution in [0.3, 0.4) is 0 Å². The molecule has 1 fully saturated rings. The molecule has 0 spiro atoms. The molecule has 2 aliphatic heterocycles. The molecule has 2 N–H and O–H groups in total. The zero-order valence-corrected chi connectivity index (χ0v) is 24.0. The van der Waals surface area contributed by atoms with E-state index in [9.17, 15) is 24.6 Å². The SMILES string of the molecule is C[C@@H](/C=C/CC(=O)N1CCC[C@H]1CO)[C@]1(O)C(=O)N(Cc2ccccc2)c2ccc(-n3ncc4ccccc4c3=O)cc21. The third kappa shape index (κ3) is 5.04. The number of hydrogen-bond acceptors (Lipinski definition) is 6. The maximum Gasteiger partial charge on any atom is 0.279 e. The minimum atomic E-state index is -1.94. The van der Waals surface area contributed by atoms with Crippen LogP contribution in [0.1, 0.15) is 37.3 Å². The number of carbonyl (C=O) groups excluding carboxylic acids is 2. The summed E-state index contributed by atoms with van der Waals surface area (Å²) in [4.78, 5) is 43.5. The average Bonchev–Trinajstić information content (AvgIpc) is 3.60. The van der Waals surface area contributed by atoms with Crippen molar-refractivity contribution >= 4 is 28.3 Å². The van der Waals surface area contributed by atoms with Gasteiger partial charge >= 0.3 is 0 Å². The molecule has 1 saturated heterocycles. The van der Waals surface area contributed by atoms with E-state index in [4.69, 9.17) is 0 Å². The van der Waals surface area contributed by atoms with Gasteiger partial charge in [0.25, 0.3) is 11.5 Å². The molecule has 1 aromatic heterocycles. The van der Waals surface area contributed by atoms with E-state index in [2.05, 4.69) is 5.10 Å². The highest BCUT2D eigenvalue weighted by atomic mass is 16.3. The van der Waals surface area contributed by atoms with Crippen molar-refractivity contribution in [2.24, 2.45) is 5.92 Å². The summed E-state index contributed by atoms with van der Waals surface area (Å²) in [5.74, 6) is -1.28. The van der Waals surface area contributed by atoms with Gasteiger partial charge in [-0.2, -0.15) is 9.78 Å². The molecule has 0 radical (unpaired) electrons. The normalized spacial score (nSPS) is 20.7. The summed E-state index contributed by atoms with van der Waals surface area (Å²) < 4.78 is 1.28. The van der Waals surface area contributed by atoms with Crippen molar-refractivity contribution < 1.29 is 19.8 Å². The van der Waals surface area contributed by atoms with Gasteiger partial charge in [0.15, 0.2) is 5.60 Å². The van der Waals surface area contributed by atoms with Crippen LogP contribution in [0.5, 0.6) is 0 Å². The molecule has 9 heteroatoms. The minimum absolute atomic E-state index is 0.0639. The fourth-order valence-corrected chi connectivity index (χ4v) is 6.25. The van der Waals surface area contributed by atoms with Gasteiger partial charge in [-0.1, -0.05) is 67.6 Å². The Bertz CT molecular complexity index is 1770. The lowest BCUT2D eigenvalue weighted by Gasteiger charge is -2.28. The quantitative estimate of drug-likeness (QED) is 0.308. The van der Waals surface area contributed by atoms with E-state index in [1.165, 1.54) is 4.68 Å². The van der Waals surface area contributed by atoms with E-state index in [1.807, 2.05) is 42.5 Å². The van der Waals surface area contributed by atoms with E-state index < -0.39 is 17.4 Å². The van der Waals surface area contributed by atoms with Crippen LogP contribution in [-0.2, 0) is 21.7 Å². The lowest BCUT2D eigenvalue weighted by molar-refractivity contribution is -0.139. The van der Waals surface area contributed by atoms with Gasteiger partial charge in [-0.15, -0.1) is 0 Å². The van der Waals surface area contributed by atoms with Crippen LogP contribution in [-0.4, -0.2) is 55.9 Å². The van der Waals surface area contributed by atoms with Gasteiger partial charge in [-0.05, 0) is 42.7 Å². The number of amides is 2. The summed E-state index contributed by atoms with van der Waals surface area (Å²) >= 11 is 0. The highest BCUT2D eigenvalue weighted by molar-refractivity contribution is 6.07. The highest BCUT2D eigenvalue weighted by Crippen LogP contribution is 2.46. The number of benzene rings is 3. The van der Waals surface area contributed by atoms with Gasteiger partial charge in [0.05, 0.1) is 42.2 Å². The summed E-state index contributed by atoms with van der Waals surface area (Å²) in [7, 11) is 0. The fourth-order valence-electron chi connectivity index (χ4n) is 6.25. The predicted molar refractivity (Wildman–Crippen MR) is 164 cm³/mol. The molecule has 0 unspecified atom stereocenters. The van der Waals surface area contributed by atoms with Crippen molar-refractivity contribution in [3.63, 3.8) is 0 Å². The van der Waals surface area contributed by atoms with Crippen molar-refractivity contribution in [3.8, 4) is 5.69 Å². The molecule has 2 amide bonds. The Balaban J connectivity index is 1.36. The highest BCUT2D eigenvalue weighted by Gasteiger charge is 2.52. The summed E-state index contributed by atoms with van der Waals surface area (Å²) in [5.41, 5.74) is 0.00509. The zero-order valence-electron chi connectivity index (χ0n) is 24.0. The fraction of sp³-hybridized carbons (Fsp3) is 0.294. The van der Waals surface area contributed by atoms with Crippen LogP contribution in [0.2, 0.25) is 0 Å². The Morgan fingerprint density at radius 1 is 1.09 bits per heavy atom. The van der Waals surface area contributed by atoms with Crippen LogP contribution in [0.4, 0.5) is 5.69 Å². The van der Waals surface area contributed by atoms with E-state index >= 15 is 0 Å². The molecule has 0 bridgehead atoms. The molecule has 0 saturated carbocycles. The number of fused-ring (bicyclic) bond motifs is 2. The molecular formula is C34H34N4O5. The standard InChI is InChI=1S/C34H34N4O5/c1-23(9-7-15-31(40)36-18-8-13-27(36)22-39)34(43)29-19-26(38-32(41)28-14-6-5-12-25(28)20-35-38)16-17-30(29)37(33(34)42)21-24-10-3-2-4-11-24/h2-7,9-12,14,16-17,19-20,23,27,39,43H,8,13,15,18,21-22H2,1H3/b9-7+/t23-,27-,34+/m0/s1. The van der Waals surface area contributed by atoms with Crippen LogP contribution in [0.25, 0.3) is 16.5 Å². The Morgan fingerprint density at radius 3 is 2.65 bits per heavy atom. The molecule has 4 aromatic rings. The second kappa shape index (κ2) is 11.6. The van der Waals surface area contributed by atoms with Crippen molar-refractivity contribution in [2.45, 2.75) is 44.4 Å². The number of rotatable bonds is 8.